The third-order valence-corrected chi connectivity index (χ3v) is 4.39. The van der Waals surface area contributed by atoms with E-state index < -0.39 is 0 Å². The molecule has 130 valence electrons. The maximum absolute atomic E-state index is 12.6. The van der Waals surface area contributed by atoms with Gasteiger partial charge in [-0.15, -0.1) is 0 Å². The zero-order valence-electron chi connectivity index (χ0n) is 14.1. The molecular weight excluding hydrogens is 328 g/mol. The van der Waals surface area contributed by atoms with E-state index in [1.807, 2.05) is 60.7 Å². The van der Waals surface area contributed by atoms with E-state index in [-0.39, 0.29) is 18.4 Å². The molecule has 3 aromatic rings. The molecule has 1 heterocycles. The van der Waals surface area contributed by atoms with Crippen LogP contribution < -0.4 is 15.0 Å². The highest BCUT2D eigenvalue weighted by atomic mass is 16.5. The van der Waals surface area contributed by atoms with Gasteiger partial charge >= 0.3 is 0 Å². The molecule has 0 aliphatic carbocycles. The van der Waals surface area contributed by atoms with Gasteiger partial charge in [-0.25, -0.2) is 0 Å². The summed E-state index contributed by atoms with van der Waals surface area (Å²) in [7, 11) is 0. The zero-order valence-corrected chi connectivity index (χ0v) is 14.1. The molecule has 0 fully saturated rings. The molecule has 26 heavy (non-hydrogen) atoms. The number of nitrogens with zero attached hydrogens (tertiary/aromatic N) is 1. The highest BCUT2D eigenvalue weighted by Gasteiger charge is 2.30. The number of benzene rings is 3. The molecule has 1 N–H and O–H groups in total. The van der Waals surface area contributed by atoms with Crippen LogP contribution in [0, 0.1) is 0 Å². The van der Waals surface area contributed by atoms with Crippen LogP contribution in [0.3, 0.4) is 0 Å². The van der Waals surface area contributed by atoms with Crippen molar-refractivity contribution in [2.75, 3.05) is 24.6 Å². The highest BCUT2D eigenvalue weighted by molar-refractivity contribution is 6.26. The summed E-state index contributed by atoms with van der Waals surface area (Å²) in [6.07, 6.45) is 0. The molecule has 0 spiro atoms. The second-order valence-electron chi connectivity index (χ2n) is 6.08. The van der Waals surface area contributed by atoms with Gasteiger partial charge in [0.1, 0.15) is 18.9 Å². The molecule has 4 rings (SSSR count). The maximum Gasteiger partial charge on any atom is 0.259 e. The predicted octanol–water partition coefficient (Wildman–Crippen LogP) is 3.00. The van der Waals surface area contributed by atoms with Crippen molar-refractivity contribution in [1.82, 2.24) is 5.32 Å². The van der Waals surface area contributed by atoms with Crippen LogP contribution in [0.2, 0.25) is 0 Å². The smallest absolute Gasteiger partial charge is 0.259 e. The highest BCUT2D eigenvalue weighted by Crippen LogP contribution is 2.36. The molecule has 0 unspecified atom stereocenters. The SMILES string of the molecule is O=C(CN1C(=O)c2cccc3cccc1c23)NCCOc1ccccc1. The molecule has 1 aliphatic heterocycles. The van der Waals surface area contributed by atoms with Gasteiger partial charge in [-0.1, -0.05) is 42.5 Å². The Labute approximate surface area is 151 Å². The number of amides is 2. The van der Waals surface area contributed by atoms with Crippen molar-refractivity contribution in [3.63, 3.8) is 0 Å². The van der Waals surface area contributed by atoms with Crippen LogP contribution in [0.25, 0.3) is 10.8 Å². The molecule has 0 bridgehead atoms. The Morgan fingerprint density at radius 2 is 1.73 bits per heavy atom. The number of hydrogen-bond donors (Lipinski definition) is 1. The molecule has 0 radical (unpaired) electrons. The van der Waals surface area contributed by atoms with E-state index in [9.17, 15) is 9.59 Å². The van der Waals surface area contributed by atoms with Gasteiger partial charge in [-0.3, -0.25) is 14.5 Å². The van der Waals surface area contributed by atoms with Crippen LogP contribution in [0.1, 0.15) is 10.4 Å². The van der Waals surface area contributed by atoms with Gasteiger partial charge in [-0.05, 0) is 29.7 Å². The minimum Gasteiger partial charge on any atom is -0.492 e. The lowest BCUT2D eigenvalue weighted by molar-refractivity contribution is -0.119. The number of hydrogen-bond acceptors (Lipinski definition) is 3. The van der Waals surface area contributed by atoms with E-state index in [1.165, 1.54) is 4.90 Å². The third kappa shape index (κ3) is 2.99. The Morgan fingerprint density at radius 1 is 0.962 bits per heavy atom. The second kappa shape index (κ2) is 6.88. The normalized spacial score (nSPS) is 12.5. The van der Waals surface area contributed by atoms with Gasteiger partial charge in [0, 0.05) is 10.9 Å². The number of ether oxygens (including phenoxy) is 1. The zero-order chi connectivity index (χ0) is 17.9. The standard InChI is InChI=1S/C21H18N2O3/c24-19(22-12-13-26-16-8-2-1-3-9-16)14-23-18-11-5-7-15-6-4-10-17(20(15)18)21(23)25/h1-11H,12-14H2,(H,22,24). The van der Waals surface area contributed by atoms with Crippen molar-refractivity contribution in [3.05, 3.63) is 72.3 Å². The van der Waals surface area contributed by atoms with E-state index in [0.29, 0.717) is 18.7 Å². The number of carbonyl (C=O) groups excluding carboxylic acids is 2. The summed E-state index contributed by atoms with van der Waals surface area (Å²) in [4.78, 5) is 26.4. The number of rotatable bonds is 6. The van der Waals surface area contributed by atoms with Crippen LogP contribution in [-0.4, -0.2) is 31.5 Å². The summed E-state index contributed by atoms with van der Waals surface area (Å²) >= 11 is 0. The van der Waals surface area contributed by atoms with Crippen molar-refractivity contribution < 1.29 is 14.3 Å². The Bertz CT molecular complexity index is 964. The minimum atomic E-state index is -0.208. The average molecular weight is 346 g/mol. The number of anilines is 1. The first-order valence-corrected chi connectivity index (χ1v) is 8.52. The van der Waals surface area contributed by atoms with Gasteiger partial charge in [0.25, 0.3) is 5.91 Å². The quantitative estimate of drug-likeness (QED) is 0.698. The summed E-state index contributed by atoms with van der Waals surface area (Å²) in [5.41, 5.74) is 1.44. The summed E-state index contributed by atoms with van der Waals surface area (Å²) in [6, 6.07) is 20.8. The molecule has 0 atom stereocenters. The summed E-state index contributed by atoms with van der Waals surface area (Å²) in [5, 5.41) is 4.73. The Kier molecular flexibility index (Phi) is 4.27. The van der Waals surface area contributed by atoms with Crippen molar-refractivity contribution >= 4 is 28.3 Å². The van der Waals surface area contributed by atoms with E-state index >= 15 is 0 Å². The van der Waals surface area contributed by atoms with Gasteiger partial charge in [0.15, 0.2) is 0 Å². The second-order valence-corrected chi connectivity index (χ2v) is 6.08. The first-order chi connectivity index (χ1) is 12.7. The Balaban J connectivity index is 1.37. The fraction of sp³-hybridized carbons (Fsp3) is 0.143. The molecule has 0 saturated carbocycles. The maximum atomic E-state index is 12.6. The van der Waals surface area contributed by atoms with Gasteiger partial charge < -0.3 is 10.1 Å². The molecule has 5 heteroatoms. The van der Waals surface area contributed by atoms with Crippen LogP contribution in [0.5, 0.6) is 5.75 Å². The van der Waals surface area contributed by atoms with E-state index in [2.05, 4.69) is 5.32 Å². The molecule has 0 aromatic heterocycles. The first kappa shape index (κ1) is 16.1. The van der Waals surface area contributed by atoms with E-state index in [0.717, 1.165) is 22.2 Å². The number of carbonyl (C=O) groups is 2. The van der Waals surface area contributed by atoms with E-state index in [1.54, 1.807) is 6.07 Å². The average Bonchev–Trinajstić information content (AvgIpc) is 2.94. The van der Waals surface area contributed by atoms with Crippen molar-refractivity contribution in [1.29, 1.82) is 0 Å². The van der Waals surface area contributed by atoms with E-state index in [4.69, 9.17) is 4.74 Å². The van der Waals surface area contributed by atoms with Gasteiger partial charge in [0.2, 0.25) is 5.91 Å². The fourth-order valence-electron chi connectivity index (χ4n) is 3.21. The van der Waals surface area contributed by atoms with Crippen molar-refractivity contribution in [3.8, 4) is 5.75 Å². The summed E-state index contributed by atoms with van der Waals surface area (Å²) in [5.74, 6) is 0.422. The molecule has 3 aromatic carbocycles. The summed E-state index contributed by atoms with van der Waals surface area (Å²) < 4.78 is 5.55. The molecular formula is C21H18N2O3. The fourth-order valence-corrected chi connectivity index (χ4v) is 3.21. The molecule has 5 nitrogen and oxygen atoms in total. The number of para-hydroxylation sites is 1. The van der Waals surface area contributed by atoms with Crippen molar-refractivity contribution in [2.24, 2.45) is 0 Å². The molecule has 0 saturated heterocycles. The Morgan fingerprint density at radius 3 is 2.54 bits per heavy atom. The Hall–Kier alpha value is -3.34. The van der Waals surface area contributed by atoms with Crippen LogP contribution >= 0.6 is 0 Å². The molecule has 2 amide bonds. The molecule has 1 aliphatic rings. The third-order valence-electron chi connectivity index (χ3n) is 4.39. The summed E-state index contributed by atoms with van der Waals surface area (Å²) in [6.45, 7) is 0.754. The lowest BCUT2D eigenvalue weighted by atomic mass is 10.1. The van der Waals surface area contributed by atoms with Crippen LogP contribution in [0.15, 0.2) is 66.7 Å². The lowest BCUT2D eigenvalue weighted by Crippen LogP contribution is -2.40. The lowest BCUT2D eigenvalue weighted by Gasteiger charge is -2.17. The first-order valence-electron chi connectivity index (χ1n) is 8.52. The minimum absolute atomic E-state index is 0.00202. The largest absolute Gasteiger partial charge is 0.492 e. The van der Waals surface area contributed by atoms with Crippen molar-refractivity contribution in [2.45, 2.75) is 0 Å². The van der Waals surface area contributed by atoms with Gasteiger partial charge in [0.05, 0.1) is 12.2 Å². The van der Waals surface area contributed by atoms with Crippen LogP contribution in [0.4, 0.5) is 5.69 Å². The van der Waals surface area contributed by atoms with Gasteiger partial charge in [-0.2, -0.15) is 0 Å². The number of nitrogens with one attached hydrogen (secondary N) is 1. The topological polar surface area (TPSA) is 58.6 Å². The van der Waals surface area contributed by atoms with Crippen LogP contribution in [-0.2, 0) is 4.79 Å². The monoisotopic (exact) mass is 346 g/mol. The predicted molar refractivity (Wildman–Crippen MR) is 101 cm³/mol.